The normalized spacial score (nSPS) is 14.6. The molecular weight excluding hydrogens is 252 g/mol. The molecule has 2 amide bonds. The number of likely N-dealkylation sites (N-methyl/N-ethyl adjacent to an activating group) is 1. The van der Waals surface area contributed by atoms with Crippen molar-refractivity contribution in [2.45, 2.75) is 6.42 Å². The van der Waals surface area contributed by atoms with Gasteiger partial charge in [0, 0.05) is 13.0 Å². The number of hydrogen-bond acceptors (Lipinski definition) is 2. The lowest BCUT2D eigenvalue weighted by atomic mass is 10.1. The van der Waals surface area contributed by atoms with Gasteiger partial charge < -0.3 is 4.48 Å². The molecule has 106 valence electrons. The first-order chi connectivity index (χ1) is 9.46. The van der Waals surface area contributed by atoms with Gasteiger partial charge in [0.05, 0.1) is 38.3 Å². The molecule has 0 aliphatic carbocycles. The van der Waals surface area contributed by atoms with Gasteiger partial charge in [-0.05, 0) is 18.2 Å². The Balaban J connectivity index is 1.98. The molecule has 0 saturated heterocycles. The van der Waals surface area contributed by atoms with E-state index in [0.717, 1.165) is 24.0 Å². The number of hydrogen-bond donors (Lipinski definition) is 0. The van der Waals surface area contributed by atoms with Gasteiger partial charge >= 0.3 is 0 Å². The average molecular weight is 273 g/mol. The Bertz CT molecular complexity index is 514. The van der Waals surface area contributed by atoms with Crippen LogP contribution in [0.25, 0.3) is 0 Å². The second kappa shape index (κ2) is 5.59. The van der Waals surface area contributed by atoms with Gasteiger partial charge in [0.25, 0.3) is 11.8 Å². The van der Waals surface area contributed by atoms with Crippen LogP contribution in [0.2, 0.25) is 0 Å². The lowest BCUT2D eigenvalue weighted by Gasteiger charge is -2.29. The van der Waals surface area contributed by atoms with Gasteiger partial charge in [0.15, 0.2) is 0 Å². The van der Waals surface area contributed by atoms with Crippen molar-refractivity contribution in [2.24, 2.45) is 0 Å². The van der Waals surface area contributed by atoms with Crippen LogP contribution in [0.5, 0.6) is 0 Å². The van der Waals surface area contributed by atoms with Crippen molar-refractivity contribution in [3.63, 3.8) is 0 Å². The molecule has 0 radical (unpaired) electrons. The molecule has 1 heterocycles. The molecule has 4 heteroatoms. The Morgan fingerprint density at radius 1 is 1.15 bits per heavy atom. The Hall–Kier alpha value is -1.94. The number of carbonyl (C=O) groups is 2. The molecule has 2 rings (SSSR count). The average Bonchev–Trinajstić information content (AvgIpc) is 2.64. The van der Waals surface area contributed by atoms with E-state index in [0.29, 0.717) is 17.7 Å². The van der Waals surface area contributed by atoms with Crippen molar-refractivity contribution in [1.82, 2.24) is 4.90 Å². The summed E-state index contributed by atoms with van der Waals surface area (Å²) in [4.78, 5) is 25.7. The van der Waals surface area contributed by atoms with Crippen LogP contribution in [0, 0.1) is 0 Å². The van der Waals surface area contributed by atoms with E-state index in [1.807, 2.05) is 6.08 Å². The monoisotopic (exact) mass is 273 g/mol. The number of fused-ring (bicyclic) bond motifs is 1. The fourth-order valence-electron chi connectivity index (χ4n) is 2.54. The zero-order chi connectivity index (χ0) is 14.8. The van der Waals surface area contributed by atoms with E-state index < -0.39 is 0 Å². The fourth-order valence-corrected chi connectivity index (χ4v) is 2.54. The zero-order valence-corrected chi connectivity index (χ0v) is 12.1. The smallest absolute Gasteiger partial charge is 0.261 e. The minimum atomic E-state index is -0.167. The fraction of sp³-hybridized carbons (Fsp3) is 0.375. The number of imide groups is 1. The van der Waals surface area contributed by atoms with Crippen LogP contribution in [0.1, 0.15) is 27.1 Å². The minimum absolute atomic E-state index is 0.167. The quantitative estimate of drug-likeness (QED) is 0.451. The van der Waals surface area contributed by atoms with Crippen LogP contribution in [0.15, 0.2) is 36.9 Å². The highest BCUT2D eigenvalue weighted by molar-refractivity contribution is 6.21. The van der Waals surface area contributed by atoms with Crippen molar-refractivity contribution >= 4 is 11.8 Å². The zero-order valence-electron chi connectivity index (χ0n) is 12.1. The number of benzene rings is 1. The lowest BCUT2D eigenvalue weighted by molar-refractivity contribution is -0.884. The van der Waals surface area contributed by atoms with E-state index >= 15 is 0 Å². The minimum Gasteiger partial charge on any atom is -0.325 e. The van der Waals surface area contributed by atoms with Crippen molar-refractivity contribution in [2.75, 3.05) is 33.7 Å². The molecule has 1 aromatic carbocycles. The molecule has 0 atom stereocenters. The highest BCUT2D eigenvalue weighted by Gasteiger charge is 2.34. The molecule has 1 aromatic rings. The summed E-state index contributed by atoms with van der Waals surface area (Å²) in [5, 5.41) is 0. The number of carbonyl (C=O) groups excluding carboxylic acids is 2. The first kappa shape index (κ1) is 14.5. The predicted molar refractivity (Wildman–Crippen MR) is 78.5 cm³/mol. The molecule has 0 N–H and O–H groups in total. The third-order valence-corrected chi connectivity index (χ3v) is 3.65. The van der Waals surface area contributed by atoms with Crippen LogP contribution in [0.3, 0.4) is 0 Å². The van der Waals surface area contributed by atoms with Gasteiger partial charge in [0.1, 0.15) is 0 Å². The molecule has 0 spiro atoms. The molecule has 0 aromatic heterocycles. The molecule has 0 saturated carbocycles. The Kier molecular flexibility index (Phi) is 4.04. The lowest BCUT2D eigenvalue weighted by Crippen LogP contribution is -2.42. The predicted octanol–water partition coefficient (Wildman–Crippen LogP) is 1.94. The first-order valence-electron chi connectivity index (χ1n) is 6.84. The second-order valence-corrected chi connectivity index (χ2v) is 5.79. The second-order valence-electron chi connectivity index (χ2n) is 5.79. The summed E-state index contributed by atoms with van der Waals surface area (Å²) in [5.41, 5.74) is 1.05. The van der Waals surface area contributed by atoms with Gasteiger partial charge in [-0.3, -0.25) is 14.5 Å². The number of nitrogens with zero attached hydrogens (tertiary/aromatic N) is 2. The molecule has 0 fully saturated rings. The third-order valence-electron chi connectivity index (χ3n) is 3.65. The SMILES string of the molecule is C=CC[N+](C)(C)CCCN1C(=O)c2ccccc2C1=O. The van der Waals surface area contributed by atoms with E-state index in [1.165, 1.54) is 4.90 Å². The summed E-state index contributed by atoms with van der Waals surface area (Å²) in [5.74, 6) is -0.334. The van der Waals surface area contributed by atoms with Crippen LogP contribution in [-0.4, -0.2) is 54.9 Å². The van der Waals surface area contributed by atoms with Crippen LogP contribution < -0.4 is 0 Å². The summed E-state index contributed by atoms with van der Waals surface area (Å²) in [7, 11) is 4.23. The molecule has 0 bridgehead atoms. The maximum atomic E-state index is 12.2. The van der Waals surface area contributed by atoms with Crippen LogP contribution >= 0.6 is 0 Å². The molecule has 1 aliphatic heterocycles. The van der Waals surface area contributed by atoms with E-state index in [1.54, 1.807) is 24.3 Å². The summed E-state index contributed by atoms with van der Waals surface area (Å²) in [6, 6.07) is 7.01. The number of quaternary nitrogens is 1. The summed E-state index contributed by atoms with van der Waals surface area (Å²) in [6.45, 7) is 6.00. The van der Waals surface area contributed by atoms with Gasteiger partial charge in [-0.15, -0.1) is 0 Å². The molecule has 0 unspecified atom stereocenters. The molecule has 1 aliphatic rings. The van der Waals surface area contributed by atoms with E-state index in [2.05, 4.69) is 20.7 Å². The van der Waals surface area contributed by atoms with Crippen molar-refractivity contribution in [3.8, 4) is 0 Å². The molecular formula is C16H21N2O2+. The van der Waals surface area contributed by atoms with Gasteiger partial charge in [-0.2, -0.15) is 0 Å². The van der Waals surface area contributed by atoms with E-state index in [4.69, 9.17) is 0 Å². The van der Waals surface area contributed by atoms with Gasteiger partial charge in [0.2, 0.25) is 0 Å². The Morgan fingerprint density at radius 3 is 2.20 bits per heavy atom. The van der Waals surface area contributed by atoms with Crippen LogP contribution in [0.4, 0.5) is 0 Å². The van der Waals surface area contributed by atoms with Gasteiger partial charge in [-0.1, -0.05) is 18.7 Å². The number of amides is 2. The van der Waals surface area contributed by atoms with E-state index in [9.17, 15) is 9.59 Å². The van der Waals surface area contributed by atoms with Gasteiger partial charge in [-0.25, -0.2) is 0 Å². The van der Waals surface area contributed by atoms with Crippen molar-refractivity contribution in [3.05, 3.63) is 48.0 Å². The highest BCUT2D eigenvalue weighted by atomic mass is 16.2. The highest BCUT2D eigenvalue weighted by Crippen LogP contribution is 2.22. The van der Waals surface area contributed by atoms with Crippen molar-refractivity contribution < 1.29 is 14.1 Å². The topological polar surface area (TPSA) is 37.4 Å². The maximum absolute atomic E-state index is 12.2. The standard InChI is InChI=1S/C16H21N2O2/c1-4-11-18(2,3)12-7-10-17-15(19)13-8-5-6-9-14(13)16(17)20/h4-6,8-9H,1,7,10-12H2,2-3H3/q+1. The molecule has 20 heavy (non-hydrogen) atoms. The largest absolute Gasteiger partial charge is 0.325 e. The third kappa shape index (κ3) is 2.80. The number of rotatable bonds is 6. The van der Waals surface area contributed by atoms with Crippen molar-refractivity contribution in [1.29, 1.82) is 0 Å². The van der Waals surface area contributed by atoms with Crippen LogP contribution in [-0.2, 0) is 0 Å². The first-order valence-corrected chi connectivity index (χ1v) is 6.84. The van der Waals surface area contributed by atoms with E-state index in [-0.39, 0.29) is 11.8 Å². The summed E-state index contributed by atoms with van der Waals surface area (Å²) >= 11 is 0. The Morgan fingerprint density at radius 2 is 1.70 bits per heavy atom. The Labute approximate surface area is 119 Å². The summed E-state index contributed by atoms with van der Waals surface area (Å²) < 4.78 is 0.812. The molecule has 4 nitrogen and oxygen atoms in total. The summed E-state index contributed by atoms with van der Waals surface area (Å²) in [6.07, 6.45) is 2.69. The maximum Gasteiger partial charge on any atom is 0.261 e.